The van der Waals surface area contributed by atoms with Crippen molar-refractivity contribution in [1.82, 2.24) is 9.80 Å². The average molecular weight is 481 g/mol. The fourth-order valence-corrected chi connectivity index (χ4v) is 5.09. The Morgan fingerprint density at radius 3 is 2.60 bits per heavy atom. The third-order valence-corrected chi connectivity index (χ3v) is 7.26. The number of benzene rings is 2. The van der Waals surface area contributed by atoms with Crippen molar-refractivity contribution in [2.45, 2.75) is 52.1 Å². The molecule has 0 spiro atoms. The second-order valence-electron chi connectivity index (χ2n) is 10.1. The highest BCUT2D eigenvalue weighted by molar-refractivity contribution is 5.94. The van der Waals surface area contributed by atoms with Crippen molar-refractivity contribution < 1.29 is 19.4 Å². The van der Waals surface area contributed by atoms with Crippen molar-refractivity contribution in [3.05, 3.63) is 64.7 Å². The molecule has 1 N–H and O–H groups in total. The lowest BCUT2D eigenvalue weighted by Crippen LogP contribution is -2.38. The highest BCUT2D eigenvalue weighted by atomic mass is 16.5. The summed E-state index contributed by atoms with van der Waals surface area (Å²) in [5, 5.41) is 9.21. The first-order valence-corrected chi connectivity index (χ1v) is 13.1. The number of ether oxygens (including phenoxy) is 2. The summed E-state index contributed by atoms with van der Waals surface area (Å²) >= 11 is 0. The number of carbonyl (C=O) groups is 1. The lowest BCUT2D eigenvalue weighted by molar-refractivity contribution is 0.0675. The third kappa shape index (κ3) is 7.06. The van der Waals surface area contributed by atoms with Crippen molar-refractivity contribution in [3.63, 3.8) is 0 Å². The van der Waals surface area contributed by atoms with Crippen molar-refractivity contribution in [1.29, 1.82) is 0 Å². The highest BCUT2D eigenvalue weighted by Gasteiger charge is 2.24. The van der Waals surface area contributed by atoms with E-state index in [-0.39, 0.29) is 12.5 Å². The van der Waals surface area contributed by atoms with Crippen LogP contribution >= 0.6 is 0 Å². The molecule has 6 nitrogen and oxygen atoms in total. The summed E-state index contributed by atoms with van der Waals surface area (Å²) in [6, 6.07) is 15.0. The number of rotatable bonds is 4. The maximum Gasteiger partial charge on any atom is 0.253 e. The summed E-state index contributed by atoms with van der Waals surface area (Å²) in [6.07, 6.45) is 3.46. The van der Waals surface area contributed by atoms with Gasteiger partial charge in [-0.05, 0) is 73.9 Å². The number of carbonyl (C=O) groups excluding carboxylic acids is 1. The average Bonchev–Trinajstić information content (AvgIpc) is 2.86. The Hall–Kier alpha value is -2.41. The molecule has 2 aromatic rings. The van der Waals surface area contributed by atoms with Crippen molar-refractivity contribution in [3.8, 4) is 5.75 Å². The smallest absolute Gasteiger partial charge is 0.253 e. The van der Waals surface area contributed by atoms with Crippen LogP contribution < -0.4 is 4.74 Å². The zero-order chi connectivity index (χ0) is 24.6. The number of aliphatic hydroxyl groups is 1. The van der Waals surface area contributed by atoms with E-state index >= 15 is 0 Å². The van der Waals surface area contributed by atoms with Crippen LogP contribution in [0.3, 0.4) is 0 Å². The lowest BCUT2D eigenvalue weighted by Gasteiger charge is -2.32. The SMILES string of the molecule is CC(C)N1CCOCCOc2ccc(C(=O)N3CCC(CCO)CC3)cc2Cc2cccc(c2)C1. The van der Waals surface area contributed by atoms with Crippen molar-refractivity contribution in [2.24, 2.45) is 5.92 Å². The number of hydrogen-bond donors (Lipinski definition) is 1. The van der Waals surface area contributed by atoms with Crippen LogP contribution in [0, 0.1) is 5.92 Å². The molecule has 0 saturated carbocycles. The van der Waals surface area contributed by atoms with Crippen LogP contribution in [0.2, 0.25) is 0 Å². The van der Waals surface area contributed by atoms with Gasteiger partial charge in [0, 0.05) is 50.8 Å². The van der Waals surface area contributed by atoms with E-state index in [4.69, 9.17) is 9.47 Å². The molecular weight excluding hydrogens is 440 g/mol. The summed E-state index contributed by atoms with van der Waals surface area (Å²) in [5.74, 6) is 1.42. The Bertz CT molecular complexity index is 969. The standard InChI is InChI=1S/C29H40N2O4/c1-22(2)31-13-15-34-16-17-35-28-7-6-26(29(33)30-11-8-23(9-12-30)10-14-32)20-27(28)19-24-4-3-5-25(18-24)21-31/h3-7,18,20,22-23,32H,8-17,19,21H2,1-2H3. The van der Waals surface area contributed by atoms with Gasteiger partial charge in [-0.2, -0.15) is 0 Å². The van der Waals surface area contributed by atoms with Crippen LogP contribution in [0.1, 0.15) is 60.2 Å². The van der Waals surface area contributed by atoms with Gasteiger partial charge in [0.1, 0.15) is 12.4 Å². The van der Waals surface area contributed by atoms with Gasteiger partial charge in [-0.15, -0.1) is 0 Å². The predicted molar refractivity (Wildman–Crippen MR) is 138 cm³/mol. The first kappa shape index (κ1) is 25.7. The van der Waals surface area contributed by atoms with Gasteiger partial charge in [0.2, 0.25) is 0 Å². The van der Waals surface area contributed by atoms with Gasteiger partial charge in [-0.3, -0.25) is 9.69 Å². The number of aliphatic hydroxyl groups excluding tert-OH is 1. The van der Waals surface area contributed by atoms with Gasteiger partial charge in [-0.25, -0.2) is 0 Å². The molecule has 4 rings (SSSR count). The molecule has 0 unspecified atom stereocenters. The maximum atomic E-state index is 13.3. The fraction of sp³-hybridized carbons (Fsp3) is 0.552. The van der Waals surface area contributed by atoms with Crippen LogP contribution in [0.5, 0.6) is 5.75 Å². The Labute approximate surface area is 209 Å². The molecule has 2 aliphatic rings. The molecule has 2 heterocycles. The molecule has 0 atom stereocenters. The topological polar surface area (TPSA) is 62.2 Å². The van der Waals surface area contributed by atoms with E-state index < -0.39 is 0 Å². The van der Waals surface area contributed by atoms with Crippen LogP contribution in [-0.4, -0.2) is 72.9 Å². The molecule has 35 heavy (non-hydrogen) atoms. The van der Waals surface area contributed by atoms with Gasteiger partial charge in [0.05, 0.1) is 13.2 Å². The Kier molecular flexibility index (Phi) is 9.18. The van der Waals surface area contributed by atoms with E-state index in [1.807, 2.05) is 23.1 Å². The first-order chi connectivity index (χ1) is 17.0. The van der Waals surface area contributed by atoms with Crippen molar-refractivity contribution >= 4 is 5.91 Å². The number of fused-ring (bicyclic) bond motifs is 3. The van der Waals surface area contributed by atoms with Crippen LogP contribution in [0.15, 0.2) is 42.5 Å². The summed E-state index contributed by atoms with van der Waals surface area (Å²) in [4.78, 5) is 17.7. The molecule has 1 fully saturated rings. The lowest BCUT2D eigenvalue weighted by atomic mass is 9.93. The van der Waals surface area contributed by atoms with E-state index in [1.165, 1.54) is 11.1 Å². The fourth-order valence-electron chi connectivity index (χ4n) is 5.09. The predicted octanol–water partition coefficient (Wildman–Crippen LogP) is 4.13. The zero-order valence-corrected chi connectivity index (χ0v) is 21.2. The van der Waals surface area contributed by atoms with Gasteiger partial charge in [-0.1, -0.05) is 24.3 Å². The van der Waals surface area contributed by atoms with Crippen molar-refractivity contribution in [2.75, 3.05) is 46.1 Å². The minimum Gasteiger partial charge on any atom is -0.491 e. The molecule has 2 aliphatic heterocycles. The van der Waals surface area contributed by atoms with Gasteiger partial charge in [0.25, 0.3) is 5.91 Å². The molecule has 0 aromatic heterocycles. The monoisotopic (exact) mass is 480 g/mol. The van der Waals surface area contributed by atoms with E-state index in [1.54, 1.807) is 0 Å². The van der Waals surface area contributed by atoms with E-state index in [2.05, 4.69) is 43.0 Å². The molecule has 0 radical (unpaired) electrons. The molecule has 190 valence electrons. The largest absolute Gasteiger partial charge is 0.491 e. The number of likely N-dealkylation sites (tertiary alicyclic amines) is 1. The van der Waals surface area contributed by atoms with Gasteiger partial charge < -0.3 is 19.5 Å². The summed E-state index contributed by atoms with van der Waals surface area (Å²) in [7, 11) is 0. The second-order valence-corrected chi connectivity index (χ2v) is 10.1. The number of piperidine rings is 1. The van der Waals surface area contributed by atoms with Crippen LogP contribution in [0.4, 0.5) is 0 Å². The molecule has 2 bridgehead atoms. The van der Waals surface area contributed by atoms with Crippen LogP contribution in [0.25, 0.3) is 0 Å². The quantitative estimate of drug-likeness (QED) is 0.713. The zero-order valence-electron chi connectivity index (χ0n) is 21.2. The molecule has 2 aromatic carbocycles. The van der Waals surface area contributed by atoms with E-state index in [9.17, 15) is 9.90 Å². The summed E-state index contributed by atoms with van der Waals surface area (Å²) < 4.78 is 12.0. The van der Waals surface area contributed by atoms with Gasteiger partial charge in [0.15, 0.2) is 0 Å². The molecule has 0 aliphatic carbocycles. The normalized spacial score (nSPS) is 18.6. The molecule has 1 amide bonds. The minimum absolute atomic E-state index is 0.0827. The Morgan fingerprint density at radius 2 is 1.83 bits per heavy atom. The third-order valence-electron chi connectivity index (χ3n) is 7.26. The Morgan fingerprint density at radius 1 is 1.03 bits per heavy atom. The number of nitrogens with zero attached hydrogens (tertiary/aromatic N) is 2. The second kappa shape index (κ2) is 12.5. The van der Waals surface area contributed by atoms with Gasteiger partial charge >= 0.3 is 0 Å². The van der Waals surface area contributed by atoms with E-state index in [0.717, 1.165) is 56.8 Å². The Balaban J connectivity index is 1.55. The highest BCUT2D eigenvalue weighted by Crippen LogP contribution is 2.27. The number of amides is 1. The van der Waals surface area contributed by atoms with Crippen LogP contribution in [-0.2, 0) is 17.7 Å². The molecule has 1 saturated heterocycles. The maximum absolute atomic E-state index is 13.3. The summed E-state index contributed by atoms with van der Waals surface area (Å²) in [5.41, 5.74) is 4.25. The van der Waals surface area contributed by atoms with E-state index in [0.29, 0.717) is 43.8 Å². The summed E-state index contributed by atoms with van der Waals surface area (Å²) in [6.45, 7) is 9.66. The molecule has 6 heteroatoms. The number of hydrogen-bond acceptors (Lipinski definition) is 5. The molecular formula is C29H40N2O4. The first-order valence-electron chi connectivity index (χ1n) is 13.1. The minimum atomic E-state index is 0.0827.